The highest BCUT2D eigenvalue weighted by Crippen LogP contribution is 2.22. The minimum Gasteiger partial charge on any atom is -0.467 e. The first-order chi connectivity index (χ1) is 11.5. The van der Waals surface area contributed by atoms with Gasteiger partial charge in [-0.1, -0.05) is 37.3 Å². The van der Waals surface area contributed by atoms with E-state index in [-0.39, 0.29) is 18.9 Å². The molecule has 0 saturated carbocycles. The molecular formula is C18H23NO5. The smallest absolute Gasteiger partial charge is 0.328 e. The molecule has 1 aromatic carbocycles. The van der Waals surface area contributed by atoms with Crippen LogP contribution >= 0.6 is 0 Å². The summed E-state index contributed by atoms with van der Waals surface area (Å²) in [6.45, 7) is 2.38. The minimum absolute atomic E-state index is 0.00391. The van der Waals surface area contributed by atoms with Gasteiger partial charge in [0.25, 0.3) is 0 Å². The van der Waals surface area contributed by atoms with Crippen LogP contribution in [-0.4, -0.2) is 42.4 Å². The van der Waals surface area contributed by atoms with Crippen molar-refractivity contribution in [2.75, 3.05) is 13.7 Å². The monoisotopic (exact) mass is 333 g/mol. The Kier molecular flexibility index (Phi) is 6.35. The first kappa shape index (κ1) is 18.0. The van der Waals surface area contributed by atoms with E-state index in [0.717, 1.165) is 12.0 Å². The van der Waals surface area contributed by atoms with Gasteiger partial charge in [-0.25, -0.2) is 4.79 Å². The van der Waals surface area contributed by atoms with Crippen molar-refractivity contribution in [3.8, 4) is 0 Å². The summed E-state index contributed by atoms with van der Waals surface area (Å²) in [6, 6.07) is 8.83. The Hall–Kier alpha value is -2.37. The van der Waals surface area contributed by atoms with Gasteiger partial charge in [0.15, 0.2) is 0 Å². The van der Waals surface area contributed by atoms with Crippen molar-refractivity contribution in [2.45, 2.75) is 38.8 Å². The predicted octanol–water partition coefficient (Wildman–Crippen LogP) is 1.92. The summed E-state index contributed by atoms with van der Waals surface area (Å²) >= 11 is 0. The lowest BCUT2D eigenvalue weighted by molar-refractivity contribution is -0.154. The lowest BCUT2D eigenvalue weighted by atomic mass is 10.1. The van der Waals surface area contributed by atoms with Crippen molar-refractivity contribution in [1.82, 2.24) is 4.90 Å². The molecule has 1 fully saturated rings. The molecular weight excluding hydrogens is 310 g/mol. The molecule has 6 nitrogen and oxygen atoms in total. The Morgan fingerprint density at radius 2 is 1.96 bits per heavy atom. The second-order valence-corrected chi connectivity index (χ2v) is 5.96. The fraction of sp³-hybridized carbons (Fsp3) is 0.500. The second kappa shape index (κ2) is 8.47. The topological polar surface area (TPSA) is 72.9 Å². The molecule has 1 heterocycles. The number of likely N-dealkylation sites (tertiary alicyclic amines) is 1. The number of ether oxygens (including phenoxy) is 2. The van der Waals surface area contributed by atoms with Crippen LogP contribution < -0.4 is 0 Å². The number of carbonyl (C=O) groups excluding carboxylic acids is 3. The molecule has 0 aromatic heterocycles. The number of esters is 2. The van der Waals surface area contributed by atoms with Crippen molar-refractivity contribution < 1.29 is 23.9 Å². The standard InChI is InChI=1S/C18H23NO5/c1-13(11-16(20)24-12-14-7-4-3-5-8-14)17(21)19-10-6-9-15(19)18(22)23-2/h3-5,7-8,13,15H,6,9-12H2,1-2H3/t13-,15+/m1/s1. The van der Waals surface area contributed by atoms with Crippen LogP contribution in [-0.2, 0) is 30.5 Å². The van der Waals surface area contributed by atoms with Crippen LogP contribution in [0.1, 0.15) is 31.7 Å². The van der Waals surface area contributed by atoms with Crippen LogP contribution in [0, 0.1) is 5.92 Å². The first-order valence-corrected chi connectivity index (χ1v) is 8.10. The molecule has 1 aliphatic rings. The maximum atomic E-state index is 12.5. The molecule has 0 N–H and O–H groups in total. The van der Waals surface area contributed by atoms with E-state index < -0.39 is 23.9 Å². The molecule has 1 aromatic rings. The minimum atomic E-state index is -0.537. The Balaban J connectivity index is 1.84. The van der Waals surface area contributed by atoms with E-state index in [4.69, 9.17) is 9.47 Å². The molecule has 0 aliphatic carbocycles. The Morgan fingerprint density at radius 3 is 2.62 bits per heavy atom. The SMILES string of the molecule is COC(=O)[C@@H]1CCCN1C(=O)[C@H](C)CC(=O)OCc1ccccc1. The van der Waals surface area contributed by atoms with Crippen LogP contribution in [0.3, 0.4) is 0 Å². The van der Waals surface area contributed by atoms with E-state index in [1.54, 1.807) is 6.92 Å². The lowest BCUT2D eigenvalue weighted by Crippen LogP contribution is -2.43. The van der Waals surface area contributed by atoms with Gasteiger partial charge < -0.3 is 14.4 Å². The van der Waals surface area contributed by atoms with E-state index in [1.807, 2.05) is 30.3 Å². The molecule has 6 heteroatoms. The van der Waals surface area contributed by atoms with Crippen molar-refractivity contribution in [1.29, 1.82) is 0 Å². The number of nitrogens with zero attached hydrogens (tertiary/aromatic N) is 1. The number of hydrogen-bond acceptors (Lipinski definition) is 5. The Morgan fingerprint density at radius 1 is 1.25 bits per heavy atom. The zero-order chi connectivity index (χ0) is 17.5. The van der Waals surface area contributed by atoms with Gasteiger partial charge in [0.05, 0.1) is 13.5 Å². The highest BCUT2D eigenvalue weighted by Gasteiger charge is 2.37. The first-order valence-electron chi connectivity index (χ1n) is 8.10. The summed E-state index contributed by atoms with van der Waals surface area (Å²) in [6.07, 6.45) is 1.36. The van der Waals surface area contributed by atoms with Crippen LogP contribution in [0.15, 0.2) is 30.3 Å². The van der Waals surface area contributed by atoms with Gasteiger partial charge in [0.2, 0.25) is 5.91 Å². The summed E-state index contributed by atoms with van der Waals surface area (Å²) in [5, 5.41) is 0. The summed E-state index contributed by atoms with van der Waals surface area (Å²) in [4.78, 5) is 37.7. The fourth-order valence-electron chi connectivity index (χ4n) is 2.83. The maximum absolute atomic E-state index is 12.5. The highest BCUT2D eigenvalue weighted by molar-refractivity contribution is 5.88. The number of rotatable bonds is 6. The summed E-state index contributed by atoms with van der Waals surface area (Å²) in [5.74, 6) is -1.56. The quantitative estimate of drug-likeness (QED) is 0.744. The van der Waals surface area contributed by atoms with Gasteiger partial charge in [-0.2, -0.15) is 0 Å². The van der Waals surface area contributed by atoms with Crippen LogP contribution in [0.5, 0.6) is 0 Å². The molecule has 0 radical (unpaired) electrons. The molecule has 2 rings (SSSR count). The molecule has 0 spiro atoms. The van der Waals surface area contributed by atoms with Gasteiger partial charge in [0.1, 0.15) is 12.6 Å². The fourth-order valence-corrected chi connectivity index (χ4v) is 2.83. The van der Waals surface area contributed by atoms with Gasteiger partial charge >= 0.3 is 11.9 Å². The largest absolute Gasteiger partial charge is 0.467 e. The molecule has 130 valence electrons. The predicted molar refractivity (Wildman–Crippen MR) is 86.8 cm³/mol. The van der Waals surface area contributed by atoms with Crippen molar-refractivity contribution in [2.24, 2.45) is 5.92 Å². The zero-order valence-electron chi connectivity index (χ0n) is 14.1. The lowest BCUT2D eigenvalue weighted by Gasteiger charge is -2.25. The molecule has 0 unspecified atom stereocenters. The third kappa shape index (κ3) is 4.57. The normalized spacial score (nSPS) is 18.1. The van der Waals surface area contributed by atoms with Gasteiger partial charge in [-0.05, 0) is 18.4 Å². The second-order valence-electron chi connectivity index (χ2n) is 5.96. The van der Waals surface area contributed by atoms with Gasteiger partial charge in [0, 0.05) is 12.5 Å². The summed E-state index contributed by atoms with van der Waals surface area (Å²) in [5.41, 5.74) is 0.898. The molecule has 1 saturated heterocycles. The van der Waals surface area contributed by atoms with Crippen LogP contribution in [0.25, 0.3) is 0 Å². The number of benzene rings is 1. The molecule has 0 bridgehead atoms. The molecule has 2 atom stereocenters. The zero-order valence-corrected chi connectivity index (χ0v) is 14.1. The number of hydrogen-bond donors (Lipinski definition) is 0. The van der Waals surface area contributed by atoms with E-state index >= 15 is 0 Å². The van der Waals surface area contributed by atoms with Crippen molar-refractivity contribution >= 4 is 17.8 Å². The highest BCUT2D eigenvalue weighted by atomic mass is 16.5. The third-order valence-corrected chi connectivity index (χ3v) is 4.15. The number of carbonyl (C=O) groups is 3. The van der Waals surface area contributed by atoms with Crippen molar-refractivity contribution in [3.63, 3.8) is 0 Å². The Bertz CT molecular complexity index is 586. The Labute approximate surface area is 141 Å². The van der Waals surface area contributed by atoms with E-state index in [0.29, 0.717) is 13.0 Å². The number of methoxy groups -OCH3 is 1. The average Bonchev–Trinajstić information content (AvgIpc) is 3.09. The molecule has 1 amide bonds. The molecule has 24 heavy (non-hydrogen) atoms. The van der Waals surface area contributed by atoms with Gasteiger partial charge in [-0.3, -0.25) is 9.59 Å². The van der Waals surface area contributed by atoms with Crippen LogP contribution in [0.2, 0.25) is 0 Å². The third-order valence-electron chi connectivity index (χ3n) is 4.15. The summed E-state index contributed by atoms with van der Waals surface area (Å²) in [7, 11) is 1.31. The van der Waals surface area contributed by atoms with Crippen LogP contribution in [0.4, 0.5) is 0 Å². The van der Waals surface area contributed by atoms with E-state index in [1.165, 1.54) is 12.0 Å². The van der Waals surface area contributed by atoms with E-state index in [9.17, 15) is 14.4 Å². The molecule has 1 aliphatic heterocycles. The average molecular weight is 333 g/mol. The van der Waals surface area contributed by atoms with Gasteiger partial charge in [-0.15, -0.1) is 0 Å². The number of amides is 1. The van der Waals surface area contributed by atoms with Crippen molar-refractivity contribution in [3.05, 3.63) is 35.9 Å². The van der Waals surface area contributed by atoms with E-state index in [2.05, 4.69) is 0 Å². The summed E-state index contributed by atoms with van der Waals surface area (Å²) < 4.78 is 9.94. The maximum Gasteiger partial charge on any atom is 0.328 e.